The lowest BCUT2D eigenvalue weighted by atomic mass is 10.3. The zero-order valence-corrected chi connectivity index (χ0v) is 7.51. The summed E-state index contributed by atoms with van der Waals surface area (Å²) >= 11 is 0. The zero-order chi connectivity index (χ0) is 8.53. The maximum atomic E-state index is 5.32. The molecule has 0 amide bonds. The van der Waals surface area contributed by atoms with Gasteiger partial charge in [-0.15, -0.1) is 0 Å². The molecule has 0 saturated carbocycles. The highest BCUT2D eigenvalue weighted by molar-refractivity contribution is 4.41. The minimum Gasteiger partial charge on any atom is -0.351 e. The molecule has 0 spiro atoms. The lowest BCUT2D eigenvalue weighted by Gasteiger charge is -2.13. The molecule has 3 heteroatoms. The van der Waals surface area contributed by atoms with E-state index in [0.717, 1.165) is 32.3 Å². The Labute approximate surface area is 68.8 Å². The lowest BCUT2D eigenvalue weighted by molar-refractivity contribution is -0.149. The molecular formula is C8H19NO2. The standard InChI is InChI=1S/C8H19NO2/c1-3-5-7-10-8(11-9)6-4-2/h8H,3-7,9H2,1-2H3. The van der Waals surface area contributed by atoms with Gasteiger partial charge in [-0.3, -0.25) is 4.84 Å². The van der Waals surface area contributed by atoms with E-state index < -0.39 is 0 Å². The van der Waals surface area contributed by atoms with E-state index in [9.17, 15) is 0 Å². The molecule has 0 radical (unpaired) electrons. The Morgan fingerprint density at radius 3 is 2.45 bits per heavy atom. The summed E-state index contributed by atoms with van der Waals surface area (Å²) in [6.07, 6.45) is 3.92. The first-order valence-corrected chi connectivity index (χ1v) is 4.32. The molecule has 2 N–H and O–H groups in total. The second kappa shape index (κ2) is 7.98. The van der Waals surface area contributed by atoms with Gasteiger partial charge >= 0.3 is 0 Å². The molecule has 3 nitrogen and oxygen atoms in total. The molecule has 0 aromatic rings. The summed E-state index contributed by atoms with van der Waals surface area (Å²) in [5.41, 5.74) is 0. The highest BCUT2D eigenvalue weighted by atomic mass is 16.7. The smallest absolute Gasteiger partial charge is 0.176 e. The molecule has 1 atom stereocenters. The van der Waals surface area contributed by atoms with Crippen LogP contribution in [0, 0.1) is 0 Å². The van der Waals surface area contributed by atoms with Crippen LogP contribution >= 0.6 is 0 Å². The zero-order valence-electron chi connectivity index (χ0n) is 7.51. The summed E-state index contributed by atoms with van der Waals surface area (Å²) in [7, 11) is 0. The minimum atomic E-state index is -0.202. The van der Waals surface area contributed by atoms with Crippen LogP contribution in [0.25, 0.3) is 0 Å². The van der Waals surface area contributed by atoms with Crippen LogP contribution in [0.2, 0.25) is 0 Å². The van der Waals surface area contributed by atoms with E-state index in [-0.39, 0.29) is 6.29 Å². The van der Waals surface area contributed by atoms with Crippen molar-refractivity contribution in [2.75, 3.05) is 6.61 Å². The fraction of sp³-hybridized carbons (Fsp3) is 1.00. The third-order valence-electron chi connectivity index (χ3n) is 1.48. The Morgan fingerprint density at radius 2 is 2.00 bits per heavy atom. The Balaban J connectivity index is 3.20. The lowest BCUT2D eigenvalue weighted by Crippen LogP contribution is -2.21. The molecule has 0 aliphatic rings. The van der Waals surface area contributed by atoms with Crippen LogP contribution in [-0.2, 0) is 9.57 Å². The van der Waals surface area contributed by atoms with Gasteiger partial charge in [0, 0.05) is 6.61 Å². The fourth-order valence-corrected chi connectivity index (χ4v) is 0.785. The summed E-state index contributed by atoms with van der Waals surface area (Å²) in [5, 5.41) is 0. The fourth-order valence-electron chi connectivity index (χ4n) is 0.785. The topological polar surface area (TPSA) is 44.5 Å². The van der Waals surface area contributed by atoms with Gasteiger partial charge in [0.05, 0.1) is 0 Å². The molecule has 68 valence electrons. The second-order valence-corrected chi connectivity index (χ2v) is 2.58. The van der Waals surface area contributed by atoms with Crippen LogP contribution < -0.4 is 5.90 Å². The van der Waals surface area contributed by atoms with E-state index in [1.807, 2.05) is 0 Å². The summed E-state index contributed by atoms with van der Waals surface area (Å²) in [6.45, 7) is 4.95. The number of rotatable bonds is 7. The number of hydrogen-bond donors (Lipinski definition) is 1. The molecule has 0 heterocycles. The van der Waals surface area contributed by atoms with Crippen molar-refractivity contribution >= 4 is 0 Å². The van der Waals surface area contributed by atoms with Crippen molar-refractivity contribution in [3.63, 3.8) is 0 Å². The van der Waals surface area contributed by atoms with E-state index in [4.69, 9.17) is 10.6 Å². The molecule has 0 bridgehead atoms. The van der Waals surface area contributed by atoms with E-state index >= 15 is 0 Å². The largest absolute Gasteiger partial charge is 0.351 e. The molecule has 0 aromatic carbocycles. The van der Waals surface area contributed by atoms with Gasteiger partial charge in [0.1, 0.15) is 0 Å². The van der Waals surface area contributed by atoms with E-state index in [0.29, 0.717) is 0 Å². The number of ether oxygens (including phenoxy) is 1. The molecule has 1 unspecified atom stereocenters. The Hall–Kier alpha value is -0.120. The summed E-state index contributed by atoms with van der Waals surface area (Å²) < 4.78 is 5.32. The van der Waals surface area contributed by atoms with Gasteiger partial charge in [0.15, 0.2) is 6.29 Å². The normalized spacial score (nSPS) is 13.4. The molecule has 0 aliphatic carbocycles. The van der Waals surface area contributed by atoms with Crippen molar-refractivity contribution in [3.05, 3.63) is 0 Å². The van der Waals surface area contributed by atoms with E-state index in [1.165, 1.54) is 0 Å². The molecule has 11 heavy (non-hydrogen) atoms. The van der Waals surface area contributed by atoms with E-state index in [1.54, 1.807) is 0 Å². The van der Waals surface area contributed by atoms with Gasteiger partial charge in [-0.05, 0) is 12.8 Å². The number of unbranched alkanes of at least 4 members (excludes halogenated alkanes) is 1. The van der Waals surface area contributed by atoms with Crippen molar-refractivity contribution in [2.24, 2.45) is 5.90 Å². The predicted molar refractivity (Wildman–Crippen MR) is 44.8 cm³/mol. The number of nitrogens with two attached hydrogens (primary N) is 1. The second-order valence-electron chi connectivity index (χ2n) is 2.58. The van der Waals surface area contributed by atoms with Gasteiger partial charge in [0.25, 0.3) is 0 Å². The van der Waals surface area contributed by atoms with Crippen molar-refractivity contribution in [1.82, 2.24) is 0 Å². The van der Waals surface area contributed by atoms with Crippen molar-refractivity contribution in [3.8, 4) is 0 Å². The monoisotopic (exact) mass is 161 g/mol. The van der Waals surface area contributed by atoms with Crippen molar-refractivity contribution in [1.29, 1.82) is 0 Å². The Morgan fingerprint density at radius 1 is 1.27 bits per heavy atom. The first-order valence-electron chi connectivity index (χ1n) is 4.32. The van der Waals surface area contributed by atoms with Gasteiger partial charge in [0.2, 0.25) is 0 Å². The predicted octanol–water partition coefficient (Wildman–Crippen LogP) is 1.82. The molecule has 0 saturated heterocycles. The van der Waals surface area contributed by atoms with Gasteiger partial charge in [-0.2, -0.15) is 0 Å². The third kappa shape index (κ3) is 6.28. The Kier molecular flexibility index (Phi) is 7.89. The molecule has 0 aliphatic heterocycles. The van der Waals surface area contributed by atoms with Crippen LogP contribution in [0.1, 0.15) is 39.5 Å². The number of hydrogen-bond acceptors (Lipinski definition) is 3. The van der Waals surface area contributed by atoms with Crippen LogP contribution in [0.3, 0.4) is 0 Å². The van der Waals surface area contributed by atoms with Gasteiger partial charge < -0.3 is 4.74 Å². The van der Waals surface area contributed by atoms with Crippen molar-refractivity contribution in [2.45, 2.75) is 45.8 Å². The van der Waals surface area contributed by atoms with Crippen molar-refractivity contribution < 1.29 is 9.57 Å². The summed E-state index contributed by atoms with van der Waals surface area (Å²) in [5.74, 6) is 5.02. The van der Waals surface area contributed by atoms with Crippen LogP contribution in [0.4, 0.5) is 0 Å². The summed E-state index contributed by atoms with van der Waals surface area (Å²) in [6, 6.07) is 0. The van der Waals surface area contributed by atoms with Gasteiger partial charge in [-0.1, -0.05) is 26.7 Å². The molecule has 0 fully saturated rings. The highest BCUT2D eigenvalue weighted by Crippen LogP contribution is 2.02. The van der Waals surface area contributed by atoms with Crippen LogP contribution in [-0.4, -0.2) is 12.9 Å². The summed E-state index contributed by atoms with van der Waals surface area (Å²) in [4.78, 5) is 4.62. The highest BCUT2D eigenvalue weighted by Gasteiger charge is 2.04. The maximum absolute atomic E-state index is 5.32. The maximum Gasteiger partial charge on any atom is 0.176 e. The first kappa shape index (κ1) is 10.9. The Bertz CT molecular complexity index is 78.5. The van der Waals surface area contributed by atoms with Gasteiger partial charge in [-0.25, -0.2) is 5.90 Å². The minimum absolute atomic E-state index is 0.202. The SMILES string of the molecule is CCCCOC(CCC)ON. The van der Waals surface area contributed by atoms with Crippen LogP contribution in [0.5, 0.6) is 0 Å². The average molecular weight is 161 g/mol. The van der Waals surface area contributed by atoms with E-state index in [2.05, 4.69) is 18.7 Å². The van der Waals surface area contributed by atoms with Crippen LogP contribution in [0.15, 0.2) is 0 Å². The molecule has 0 rings (SSSR count). The quantitative estimate of drug-likeness (QED) is 0.352. The third-order valence-corrected chi connectivity index (χ3v) is 1.48. The molecular weight excluding hydrogens is 142 g/mol. The first-order chi connectivity index (χ1) is 5.35. The molecule has 0 aromatic heterocycles. The average Bonchev–Trinajstić information content (AvgIpc) is 2.03.